The fraction of sp³-hybridized carbons (Fsp3) is 0.190. The summed E-state index contributed by atoms with van der Waals surface area (Å²) in [5.74, 6) is -1.66. The van der Waals surface area contributed by atoms with Crippen LogP contribution in [0.5, 0.6) is 0 Å². The highest BCUT2D eigenvalue weighted by molar-refractivity contribution is 6.31. The maximum Gasteiger partial charge on any atom is 0.417 e. The molecule has 0 saturated carbocycles. The first kappa shape index (κ1) is 22.6. The second kappa shape index (κ2) is 8.58. The van der Waals surface area contributed by atoms with E-state index in [1.807, 2.05) is 0 Å². The van der Waals surface area contributed by atoms with Gasteiger partial charge in [0.25, 0.3) is 5.91 Å². The van der Waals surface area contributed by atoms with E-state index in [0.29, 0.717) is 11.1 Å². The number of carbonyl (C=O) groups is 1. The van der Waals surface area contributed by atoms with Crippen molar-refractivity contribution >= 4 is 17.5 Å². The number of carbonyl (C=O) groups excluding carboxylic acids is 1. The largest absolute Gasteiger partial charge is 0.417 e. The molecule has 0 radical (unpaired) electrons. The summed E-state index contributed by atoms with van der Waals surface area (Å²) < 4.78 is 67.9. The van der Waals surface area contributed by atoms with Crippen LogP contribution in [0.25, 0.3) is 11.1 Å². The smallest absolute Gasteiger partial charge is 0.348 e. The lowest BCUT2D eigenvalue weighted by atomic mass is 10.0. The van der Waals surface area contributed by atoms with E-state index in [9.17, 15) is 22.4 Å². The number of halogens is 6. The van der Waals surface area contributed by atoms with Gasteiger partial charge in [0, 0.05) is 23.5 Å². The van der Waals surface area contributed by atoms with E-state index in [1.165, 1.54) is 30.6 Å². The van der Waals surface area contributed by atoms with E-state index < -0.39 is 41.2 Å². The molecule has 0 aliphatic heterocycles. The first-order valence-corrected chi connectivity index (χ1v) is 9.27. The molecule has 0 aliphatic carbocycles. The fourth-order valence-electron chi connectivity index (χ4n) is 2.90. The van der Waals surface area contributed by atoms with E-state index in [-0.39, 0.29) is 10.7 Å². The number of alkyl halides is 4. The number of rotatable bonds is 5. The van der Waals surface area contributed by atoms with Gasteiger partial charge in [-0.1, -0.05) is 23.7 Å². The Balaban J connectivity index is 1.79. The Labute approximate surface area is 179 Å². The first-order chi connectivity index (χ1) is 14.5. The predicted octanol–water partition coefficient (Wildman–Crippen LogP) is 5.57. The molecular weight excluding hydrogens is 441 g/mol. The summed E-state index contributed by atoms with van der Waals surface area (Å²) in [6.45, 7) is 0.409. The minimum atomic E-state index is -4.74. The average Bonchev–Trinajstić information content (AvgIpc) is 2.71. The molecule has 10 heteroatoms. The number of amides is 1. The number of pyridine rings is 2. The number of hydrogen-bond acceptors (Lipinski definition) is 3. The van der Waals surface area contributed by atoms with E-state index in [1.54, 1.807) is 0 Å². The third-order valence-electron chi connectivity index (χ3n) is 4.43. The molecule has 0 spiro atoms. The number of hydrogen-bond donors (Lipinski definition) is 1. The van der Waals surface area contributed by atoms with Gasteiger partial charge in [0.2, 0.25) is 0 Å². The van der Waals surface area contributed by atoms with E-state index in [2.05, 4.69) is 15.3 Å². The van der Waals surface area contributed by atoms with E-state index in [4.69, 9.17) is 11.6 Å². The Morgan fingerprint density at radius 1 is 1.06 bits per heavy atom. The SMILES string of the molecule is CC(F)(CNC(=O)c1ccccc1C(F)(F)F)c1ncc(-c2cncc(F)c2)cc1Cl. The number of aromatic nitrogens is 2. The predicted molar refractivity (Wildman–Crippen MR) is 105 cm³/mol. The molecule has 0 saturated heterocycles. The van der Waals surface area contributed by atoms with Crippen molar-refractivity contribution in [1.29, 1.82) is 0 Å². The van der Waals surface area contributed by atoms with Crippen LogP contribution < -0.4 is 5.32 Å². The zero-order valence-electron chi connectivity index (χ0n) is 16.0. The normalized spacial score (nSPS) is 13.5. The summed E-state index contributed by atoms with van der Waals surface area (Å²) in [6, 6.07) is 6.75. The van der Waals surface area contributed by atoms with Gasteiger partial charge in [0.15, 0.2) is 5.67 Å². The highest BCUT2D eigenvalue weighted by atomic mass is 35.5. The maximum absolute atomic E-state index is 15.2. The summed E-state index contributed by atoms with van der Waals surface area (Å²) in [5, 5.41) is 2.06. The highest BCUT2D eigenvalue weighted by Crippen LogP contribution is 2.34. The Bertz CT molecular complexity index is 1120. The average molecular weight is 456 g/mol. The van der Waals surface area contributed by atoms with Gasteiger partial charge in [-0.2, -0.15) is 13.2 Å². The molecule has 2 aromatic heterocycles. The topological polar surface area (TPSA) is 54.9 Å². The summed E-state index contributed by atoms with van der Waals surface area (Å²) in [7, 11) is 0. The van der Waals surface area contributed by atoms with E-state index in [0.717, 1.165) is 31.3 Å². The maximum atomic E-state index is 15.2. The Morgan fingerprint density at radius 2 is 1.74 bits per heavy atom. The molecule has 1 aromatic carbocycles. The number of benzene rings is 1. The standard InChI is InChI=1S/C21H15ClF5N3O/c1-20(24,11-30-19(31)15-4-2-3-5-16(15)21(25,26)27)18-17(22)7-13(9-29-18)12-6-14(23)10-28-8-12/h2-10H,11H2,1H3,(H,30,31). The van der Waals surface area contributed by atoms with Crippen LogP contribution in [0.3, 0.4) is 0 Å². The summed E-state index contributed by atoms with van der Waals surface area (Å²) in [6.07, 6.45) is -1.08. The van der Waals surface area contributed by atoms with Crippen LogP contribution in [0.2, 0.25) is 5.02 Å². The Kier molecular flexibility index (Phi) is 6.26. The van der Waals surface area contributed by atoms with Gasteiger partial charge in [0.05, 0.1) is 34.6 Å². The van der Waals surface area contributed by atoms with Gasteiger partial charge in [-0.15, -0.1) is 0 Å². The van der Waals surface area contributed by atoms with Gasteiger partial charge in [-0.25, -0.2) is 8.78 Å². The van der Waals surface area contributed by atoms with Crippen molar-refractivity contribution in [2.75, 3.05) is 6.54 Å². The summed E-state index contributed by atoms with van der Waals surface area (Å²) >= 11 is 6.14. The van der Waals surface area contributed by atoms with Crippen LogP contribution in [0.15, 0.2) is 55.0 Å². The first-order valence-electron chi connectivity index (χ1n) is 8.89. The second-order valence-corrected chi connectivity index (χ2v) is 7.28. The Hall–Kier alpha value is -3.07. The molecule has 31 heavy (non-hydrogen) atoms. The van der Waals surface area contributed by atoms with Crippen LogP contribution in [0.1, 0.15) is 28.5 Å². The monoisotopic (exact) mass is 455 g/mol. The molecule has 1 N–H and O–H groups in total. The quantitative estimate of drug-likeness (QED) is 0.512. The molecule has 1 amide bonds. The Morgan fingerprint density at radius 3 is 2.39 bits per heavy atom. The second-order valence-electron chi connectivity index (χ2n) is 6.87. The van der Waals surface area contributed by atoms with Crippen LogP contribution in [0.4, 0.5) is 22.0 Å². The van der Waals surface area contributed by atoms with Crippen LogP contribution >= 0.6 is 11.6 Å². The van der Waals surface area contributed by atoms with Crippen LogP contribution in [-0.4, -0.2) is 22.4 Å². The van der Waals surface area contributed by atoms with Gasteiger partial charge in [0.1, 0.15) is 5.82 Å². The van der Waals surface area contributed by atoms with Crippen molar-refractivity contribution in [1.82, 2.24) is 15.3 Å². The molecule has 0 fully saturated rings. The zero-order valence-corrected chi connectivity index (χ0v) is 16.7. The minimum Gasteiger partial charge on any atom is -0.348 e. The van der Waals surface area contributed by atoms with Crippen molar-refractivity contribution < 1.29 is 26.7 Å². The molecule has 1 unspecified atom stereocenters. The van der Waals surface area contributed by atoms with Gasteiger partial charge in [-0.05, 0) is 31.2 Å². The third kappa shape index (κ3) is 5.16. The third-order valence-corrected chi connectivity index (χ3v) is 4.72. The lowest BCUT2D eigenvalue weighted by Gasteiger charge is -2.22. The number of nitrogens with zero attached hydrogens (tertiary/aromatic N) is 2. The molecule has 3 rings (SSSR count). The van der Waals surface area contributed by atoms with Crippen LogP contribution in [-0.2, 0) is 11.8 Å². The fourth-order valence-corrected chi connectivity index (χ4v) is 3.27. The van der Waals surface area contributed by atoms with Gasteiger partial charge in [-0.3, -0.25) is 14.8 Å². The molecule has 4 nitrogen and oxygen atoms in total. The molecule has 162 valence electrons. The van der Waals surface area contributed by atoms with E-state index >= 15 is 4.39 Å². The molecule has 2 heterocycles. The number of nitrogens with one attached hydrogen (secondary N) is 1. The summed E-state index contributed by atoms with van der Waals surface area (Å²) in [4.78, 5) is 20.0. The van der Waals surface area contributed by atoms with Crippen molar-refractivity contribution in [3.63, 3.8) is 0 Å². The summed E-state index contributed by atoms with van der Waals surface area (Å²) in [5.41, 5.74) is -3.51. The lowest BCUT2D eigenvalue weighted by Crippen LogP contribution is -2.37. The lowest BCUT2D eigenvalue weighted by molar-refractivity contribution is -0.137. The van der Waals surface area contributed by atoms with Crippen molar-refractivity contribution in [2.45, 2.75) is 18.8 Å². The van der Waals surface area contributed by atoms with Crippen molar-refractivity contribution in [3.8, 4) is 11.1 Å². The molecular formula is C21H15ClF5N3O. The zero-order chi connectivity index (χ0) is 22.8. The van der Waals surface area contributed by atoms with Gasteiger partial charge < -0.3 is 5.32 Å². The van der Waals surface area contributed by atoms with Crippen LogP contribution in [0, 0.1) is 5.82 Å². The minimum absolute atomic E-state index is 0.100. The highest BCUT2D eigenvalue weighted by Gasteiger charge is 2.36. The molecule has 1 atom stereocenters. The molecule has 0 aliphatic rings. The van der Waals surface area contributed by atoms with Crippen molar-refractivity contribution in [2.24, 2.45) is 0 Å². The molecule has 3 aromatic rings. The van der Waals surface area contributed by atoms with Crippen molar-refractivity contribution in [3.05, 3.63) is 82.6 Å². The van der Waals surface area contributed by atoms with Gasteiger partial charge >= 0.3 is 6.18 Å². The molecule has 0 bridgehead atoms.